The van der Waals surface area contributed by atoms with Crippen molar-refractivity contribution in [3.8, 4) is 0 Å². The van der Waals surface area contributed by atoms with Crippen LogP contribution in [0.15, 0.2) is 30.3 Å². The molecule has 5 nitrogen and oxygen atoms in total. The van der Waals surface area contributed by atoms with E-state index in [-0.39, 0.29) is 18.3 Å². The maximum atomic E-state index is 10.8. The standard InChI is InChI=1S/C16H24O5/c1-18-11-14-15(20-3)13(19-2)10-16(17,21-14)9-12-7-5-4-6-8-12/h4-8,13-15,17H,9-11H2,1-3H3/t13-,14?,15?,16+/m1/s1. The van der Waals surface area contributed by atoms with E-state index in [9.17, 15) is 5.11 Å². The highest BCUT2D eigenvalue weighted by Crippen LogP contribution is 2.33. The smallest absolute Gasteiger partial charge is 0.172 e. The molecule has 0 aromatic heterocycles. The quantitative estimate of drug-likeness (QED) is 0.859. The van der Waals surface area contributed by atoms with Gasteiger partial charge in [-0.15, -0.1) is 0 Å². The summed E-state index contributed by atoms with van der Waals surface area (Å²) >= 11 is 0. The molecule has 1 aliphatic rings. The average molecular weight is 296 g/mol. The number of aliphatic hydroxyl groups is 1. The number of rotatable bonds is 6. The summed E-state index contributed by atoms with van der Waals surface area (Å²) in [6, 6.07) is 9.77. The van der Waals surface area contributed by atoms with Crippen LogP contribution in [0.4, 0.5) is 0 Å². The summed E-state index contributed by atoms with van der Waals surface area (Å²) < 4.78 is 22.0. The molecule has 1 aromatic rings. The molecule has 4 atom stereocenters. The molecule has 21 heavy (non-hydrogen) atoms. The third kappa shape index (κ3) is 4.02. The second-order valence-electron chi connectivity index (χ2n) is 5.40. The zero-order valence-electron chi connectivity index (χ0n) is 12.8. The van der Waals surface area contributed by atoms with Crippen molar-refractivity contribution in [3.05, 3.63) is 35.9 Å². The van der Waals surface area contributed by atoms with Crippen LogP contribution in [0, 0.1) is 0 Å². The van der Waals surface area contributed by atoms with Crippen molar-refractivity contribution >= 4 is 0 Å². The molecule has 0 spiro atoms. The average Bonchev–Trinajstić information content (AvgIpc) is 2.47. The van der Waals surface area contributed by atoms with Crippen molar-refractivity contribution in [1.29, 1.82) is 0 Å². The first-order chi connectivity index (χ1) is 10.1. The Kier molecular flexibility index (Phi) is 5.72. The van der Waals surface area contributed by atoms with Crippen molar-refractivity contribution in [2.24, 2.45) is 0 Å². The fourth-order valence-electron chi connectivity index (χ4n) is 2.91. The Balaban J connectivity index is 2.15. The predicted octanol–water partition coefficient (Wildman–Crippen LogP) is 1.38. The topological polar surface area (TPSA) is 57.2 Å². The van der Waals surface area contributed by atoms with Gasteiger partial charge in [0.2, 0.25) is 0 Å². The molecule has 1 saturated heterocycles. The van der Waals surface area contributed by atoms with Gasteiger partial charge in [0.15, 0.2) is 5.79 Å². The van der Waals surface area contributed by atoms with Crippen LogP contribution in [-0.4, -0.2) is 57.1 Å². The molecule has 0 radical (unpaired) electrons. The Morgan fingerprint density at radius 1 is 1.19 bits per heavy atom. The van der Waals surface area contributed by atoms with Crippen LogP contribution in [-0.2, 0) is 25.4 Å². The van der Waals surface area contributed by atoms with E-state index >= 15 is 0 Å². The Labute approximate surface area is 125 Å². The number of benzene rings is 1. The Morgan fingerprint density at radius 3 is 2.48 bits per heavy atom. The summed E-state index contributed by atoms with van der Waals surface area (Å²) in [5, 5.41) is 10.8. The first kappa shape index (κ1) is 16.4. The van der Waals surface area contributed by atoms with Crippen LogP contribution in [0.3, 0.4) is 0 Å². The van der Waals surface area contributed by atoms with Gasteiger partial charge in [-0.25, -0.2) is 0 Å². The van der Waals surface area contributed by atoms with E-state index in [0.717, 1.165) is 5.56 Å². The molecule has 5 heteroatoms. The maximum Gasteiger partial charge on any atom is 0.172 e. The fourth-order valence-corrected chi connectivity index (χ4v) is 2.91. The lowest BCUT2D eigenvalue weighted by Gasteiger charge is -2.44. The van der Waals surface area contributed by atoms with Gasteiger partial charge in [-0.1, -0.05) is 30.3 Å². The molecule has 1 fully saturated rings. The molecule has 1 aliphatic heterocycles. The second kappa shape index (κ2) is 7.33. The summed E-state index contributed by atoms with van der Waals surface area (Å²) in [6.45, 7) is 0.343. The Morgan fingerprint density at radius 2 is 1.90 bits per heavy atom. The molecule has 0 saturated carbocycles. The van der Waals surface area contributed by atoms with Gasteiger partial charge in [-0.3, -0.25) is 0 Å². The first-order valence-corrected chi connectivity index (χ1v) is 7.10. The zero-order valence-corrected chi connectivity index (χ0v) is 12.8. The van der Waals surface area contributed by atoms with Gasteiger partial charge < -0.3 is 24.1 Å². The molecule has 0 aliphatic carbocycles. The number of hydrogen-bond donors (Lipinski definition) is 1. The van der Waals surface area contributed by atoms with E-state index < -0.39 is 5.79 Å². The van der Waals surface area contributed by atoms with E-state index in [1.165, 1.54) is 0 Å². The van der Waals surface area contributed by atoms with Gasteiger partial charge >= 0.3 is 0 Å². The third-order valence-electron chi connectivity index (χ3n) is 3.85. The van der Waals surface area contributed by atoms with E-state index in [0.29, 0.717) is 19.4 Å². The number of hydrogen-bond acceptors (Lipinski definition) is 5. The highest BCUT2D eigenvalue weighted by atomic mass is 16.7. The third-order valence-corrected chi connectivity index (χ3v) is 3.85. The Hall–Kier alpha value is -0.980. The molecule has 2 unspecified atom stereocenters. The summed E-state index contributed by atoms with van der Waals surface area (Å²) in [7, 11) is 4.84. The molecular formula is C16H24O5. The number of ether oxygens (including phenoxy) is 4. The van der Waals surface area contributed by atoms with Gasteiger partial charge in [-0.2, -0.15) is 0 Å². The SMILES string of the molecule is COCC1O[C@@](O)(Cc2ccccc2)C[C@@H](OC)C1OC. The van der Waals surface area contributed by atoms with E-state index in [1.807, 2.05) is 30.3 Å². The van der Waals surface area contributed by atoms with Crippen LogP contribution in [0.25, 0.3) is 0 Å². The van der Waals surface area contributed by atoms with E-state index in [4.69, 9.17) is 18.9 Å². The van der Waals surface area contributed by atoms with Crippen LogP contribution >= 0.6 is 0 Å². The minimum absolute atomic E-state index is 0.238. The lowest BCUT2D eigenvalue weighted by Crippen LogP contribution is -2.58. The molecule has 0 amide bonds. The minimum atomic E-state index is -1.28. The summed E-state index contributed by atoms with van der Waals surface area (Å²) in [5.74, 6) is -1.28. The first-order valence-electron chi connectivity index (χ1n) is 7.10. The normalized spacial score (nSPS) is 33.0. The van der Waals surface area contributed by atoms with Gasteiger partial charge in [0, 0.05) is 34.2 Å². The maximum absolute atomic E-state index is 10.8. The van der Waals surface area contributed by atoms with Gasteiger partial charge in [0.05, 0.1) is 12.7 Å². The lowest BCUT2D eigenvalue weighted by atomic mass is 9.91. The molecule has 1 N–H and O–H groups in total. The van der Waals surface area contributed by atoms with E-state index in [2.05, 4.69) is 0 Å². The second-order valence-corrected chi connectivity index (χ2v) is 5.40. The zero-order chi connectivity index (χ0) is 15.3. The van der Waals surface area contributed by atoms with Crippen LogP contribution in [0.1, 0.15) is 12.0 Å². The van der Waals surface area contributed by atoms with Gasteiger partial charge in [0.1, 0.15) is 12.2 Å². The molecule has 2 rings (SSSR count). The fraction of sp³-hybridized carbons (Fsp3) is 0.625. The monoisotopic (exact) mass is 296 g/mol. The summed E-state index contributed by atoms with van der Waals surface area (Å²) in [4.78, 5) is 0. The summed E-state index contributed by atoms with van der Waals surface area (Å²) in [6.07, 6.45) is -0.0995. The van der Waals surface area contributed by atoms with Crippen molar-refractivity contribution in [1.82, 2.24) is 0 Å². The predicted molar refractivity (Wildman–Crippen MR) is 78.1 cm³/mol. The van der Waals surface area contributed by atoms with Crippen LogP contribution < -0.4 is 0 Å². The van der Waals surface area contributed by atoms with Crippen molar-refractivity contribution in [2.75, 3.05) is 27.9 Å². The molecule has 118 valence electrons. The highest BCUT2D eigenvalue weighted by molar-refractivity contribution is 5.16. The van der Waals surface area contributed by atoms with Gasteiger partial charge in [-0.05, 0) is 5.56 Å². The van der Waals surface area contributed by atoms with Crippen molar-refractivity contribution in [3.63, 3.8) is 0 Å². The minimum Gasteiger partial charge on any atom is -0.382 e. The largest absolute Gasteiger partial charge is 0.382 e. The van der Waals surface area contributed by atoms with Gasteiger partial charge in [0.25, 0.3) is 0 Å². The van der Waals surface area contributed by atoms with Crippen molar-refractivity contribution in [2.45, 2.75) is 36.9 Å². The summed E-state index contributed by atoms with van der Waals surface area (Å²) in [5.41, 5.74) is 1.02. The van der Waals surface area contributed by atoms with Crippen LogP contribution in [0.5, 0.6) is 0 Å². The highest BCUT2D eigenvalue weighted by Gasteiger charge is 2.46. The van der Waals surface area contributed by atoms with Crippen LogP contribution in [0.2, 0.25) is 0 Å². The van der Waals surface area contributed by atoms with Crippen molar-refractivity contribution < 1.29 is 24.1 Å². The Bertz CT molecular complexity index is 424. The number of methoxy groups -OCH3 is 3. The molecule has 1 heterocycles. The molecular weight excluding hydrogens is 272 g/mol. The lowest BCUT2D eigenvalue weighted by molar-refractivity contribution is -0.311. The molecule has 0 bridgehead atoms. The van der Waals surface area contributed by atoms with E-state index in [1.54, 1.807) is 21.3 Å². The molecule has 1 aromatic carbocycles.